The molecule has 0 unspecified atom stereocenters. The van der Waals surface area contributed by atoms with Gasteiger partial charge in [0.05, 0.1) is 31.9 Å². The molecule has 1 saturated heterocycles. The van der Waals surface area contributed by atoms with Gasteiger partial charge in [-0.1, -0.05) is 94.4 Å². The number of fused-ring (bicyclic) bond motifs is 2. The van der Waals surface area contributed by atoms with Crippen LogP contribution in [0.3, 0.4) is 0 Å². The summed E-state index contributed by atoms with van der Waals surface area (Å²) in [6, 6.07) is 22.9. The summed E-state index contributed by atoms with van der Waals surface area (Å²) in [6.07, 6.45) is 11.6. The largest absolute Gasteiger partial charge is 0.481 e. The molecule has 1 fully saturated rings. The lowest BCUT2D eigenvalue weighted by atomic mass is 9.69. The number of rotatable bonds is 12. The number of esters is 1. The maximum atomic E-state index is 13.3. The highest BCUT2D eigenvalue weighted by Gasteiger charge is 2.57. The van der Waals surface area contributed by atoms with Crippen molar-refractivity contribution in [3.05, 3.63) is 138 Å². The van der Waals surface area contributed by atoms with Crippen LogP contribution >= 0.6 is 0 Å². The smallest absolute Gasteiger partial charge is 0.330 e. The summed E-state index contributed by atoms with van der Waals surface area (Å²) >= 11 is 0. The number of ether oxygens (including phenoxy) is 1. The molecule has 0 bridgehead atoms. The number of carboxylic acid groups (broad SMARTS) is 1. The fourth-order valence-corrected chi connectivity index (χ4v) is 7.54. The monoisotopic (exact) mass is 720 g/mol. The first kappa shape index (κ1) is 38.6. The van der Waals surface area contributed by atoms with Crippen molar-refractivity contribution in [3.63, 3.8) is 0 Å². The Balaban J connectivity index is 0.000000204. The van der Waals surface area contributed by atoms with Crippen LogP contribution < -0.4 is 0 Å². The summed E-state index contributed by atoms with van der Waals surface area (Å²) in [6.45, 7) is 9.10. The van der Waals surface area contributed by atoms with Gasteiger partial charge in [-0.3, -0.25) is 14.4 Å². The molecule has 3 heterocycles. The number of hydrogen-bond acceptors (Lipinski definition) is 7. The lowest BCUT2D eigenvalue weighted by molar-refractivity contribution is -0.142. The molecule has 53 heavy (non-hydrogen) atoms. The molecule has 1 N–H and O–H groups in total. The molecular weight excluding hydrogens is 672 g/mol. The van der Waals surface area contributed by atoms with Gasteiger partial charge in [0, 0.05) is 48.7 Å². The van der Waals surface area contributed by atoms with E-state index in [1.165, 1.54) is 25.5 Å². The number of likely N-dealkylation sites (tertiary alicyclic amines) is 1. The normalized spacial score (nSPS) is 19.9. The zero-order valence-corrected chi connectivity index (χ0v) is 30.8. The average molecular weight is 721 g/mol. The molecular formula is C43H48N2O8. The third-order valence-corrected chi connectivity index (χ3v) is 9.97. The van der Waals surface area contributed by atoms with E-state index in [2.05, 4.69) is 18.6 Å². The lowest BCUT2D eigenvalue weighted by Crippen LogP contribution is -2.42. The second-order valence-corrected chi connectivity index (χ2v) is 14.2. The zero-order valence-electron chi connectivity index (χ0n) is 30.8. The zero-order chi connectivity index (χ0) is 38.1. The Morgan fingerprint density at radius 3 is 2.21 bits per heavy atom. The van der Waals surface area contributed by atoms with Crippen LogP contribution in [0.4, 0.5) is 0 Å². The molecule has 278 valence electrons. The minimum atomic E-state index is -0.907. The fraction of sp³-hybridized carbons (Fsp3) is 0.349. The molecule has 1 aliphatic carbocycles. The Morgan fingerprint density at radius 2 is 1.62 bits per heavy atom. The van der Waals surface area contributed by atoms with Crippen LogP contribution in [0.5, 0.6) is 0 Å². The van der Waals surface area contributed by atoms with E-state index in [9.17, 15) is 24.3 Å². The molecule has 2 aromatic carbocycles. The number of carboxylic acids is 1. The van der Waals surface area contributed by atoms with Gasteiger partial charge in [-0.05, 0) is 53.2 Å². The summed E-state index contributed by atoms with van der Waals surface area (Å²) < 4.78 is 15.3. The van der Waals surface area contributed by atoms with Crippen LogP contribution in [0.2, 0.25) is 0 Å². The average Bonchev–Trinajstić information content (AvgIpc) is 3.90. The molecule has 10 heteroatoms. The number of aliphatic carboxylic acids is 1. The highest BCUT2D eigenvalue weighted by Crippen LogP contribution is 2.50. The maximum absolute atomic E-state index is 13.3. The predicted octanol–water partition coefficient (Wildman–Crippen LogP) is 7.38. The van der Waals surface area contributed by atoms with E-state index >= 15 is 0 Å². The third-order valence-electron chi connectivity index (χ3n) is 9.97. The minimum Gasteiger partial charge on any atom is -0.481 e. The number of methoxy groups -OCH3 is 1. The SMILES string of the molecule is CC(C)[C@H]1[C@H]2[C@@H](Cc3ccoc3[C@@H]2C(=O)O)C(=O)N1Cc1ccccc1.COC(=O)/C=C/[C@H](C(C)C)N(Cc1ccccc1)C(=O)/C=C/c1ccoc1. The molecule has 2 amide bonds. The molecule has 0 radical (unpaired) electrons. The number of furan rings is 2. The Kier molecular flexibility index (Phi) is 12.9. The molecule has 6 rings (SSSR count). The second-order valence-electron chi connectivity index (χ2n) is 14.2. The van der Waals surface area contributed by atoms with Gasteiger partial charge in [0.2, 0.25) is 11.8 Å². The first-order valence-corrected chi connectivity index (χ1v) is 17.9. The molecule has 4 aromatic rings. The maximum Gasteiger partial charge on any atom is 0.330 e. The summed E-state index contributed by atoms with van der Waals surface area (Å²) in [5, 5.41) is 9.92. The Hall–Kier alpha value is -5.64. The van der Waals surface area contributed by atoms with Gasteiger partial charge in [0.1, 0.15) is 11.7 Å². The number of carbonyl (C=O) groups is 4. The van der Waals surface area contributed by atoms with E-state index in [0.717, 1.165) is 22.3 Å². The van der Waals surface area contributed by atoms with Crippen LogP contribution in [-0.2, 0) is 43.4 Å². The van der Waals surface area contributed by atoms with E-state index in [-0.39, 0.29) is 47.6 Å². The molecule has 2 aromatic heterocycles. The molecule has 1 aliphatic heterocycles. The first-order valence-electron chi connectivity index (χ1n) is 17.9. The van der Waals surface area contributed by atoms with Crippen molar-refractivity contribution in [1.29, 1.82) is 0 Å². The highest BCUT2D eigenvalue weighted by atomic mass is 16.5. The second kappa shape index (κ2) is 17.7. The standard InChI is InChI=1S/C22H25NO4.C21H23NO4/c1-17(2)20(10-12-22(25)26-3)23(15-18-7-5-4-6-8-18)21(24)11-9-19-13-14-27-16-19;1-12(2)18-16-15(10-14-8-9-26-19(14)17(16)21(24)25)20(23)22(18)11-13-6-4-3-5-7-13/h4-14,16-17,20H,15H2,1-3H3;3-9,12,15-18H,10-11H2,1-2H3,(H,24,25)/b11-9+,12-10+;/t20-;15-,16+,17-,18+/m11/s1. The van der Waals surface area contributed by atoms with Crippen molar-refractivity contribution >= 4 is 29.8 Å². The van der Waals surface area contributed by atoms with E-state index in [0.29, 0.717) is 25.3 Å². The Morgan fingerprint density at radius 1 is 0.943 bits per heavy atom. The van der Waals surface area contributed by atoms with E-state index in [1.54, 1.807) is 41.7 Å². The minimum absolute atomic E-state index is 0.0654. The van der Waals surface area contributed by atoms with Crippen molar-refractivity contribution < 1.29 is 37.9 Å². The van der Waals surface area contributed by atoms with Crippen LogP contribution in [-0.4, -0.2) is 57.9 Å². The fourth-order valence-electron chi connectivity index (χ4n) is 7.54. The van der Waals surface area contributed by atoms with Gasteiger partial charge in [0.15, 0.2) is 0 Å². The quantitative estimate of drug-likeness (QED) is 0.119. The van der Waals surface area contributed by atoms with Gasteiger partial charge in [0.25, 0.3) is 0 Å². The van der Waals surface area contributed by atoms with E-state index < -0.39 is 17.9 Å². The summed E-state index contributed by atoms with van der Waals surface area (Å²) in [5.74, 6) is -1.95. The number of carbonyl (C=O) groups excluding carboxylic acids is 3. The molecule has 2 aliphatic rings. The third kappa shape index (κ3) is 9.24. The number of hydrogen-bond donors (Lipinski definition) is 1. The summed E-state index contributed by atoms with van der Waals surface area (Å²) in [4.78, 5) is 53.5. The number of nitrogens with zero attached hydrogens (tertiary/aromatic N) is 2. The predicted molar refractivity (Wildman–Crippen MR) is 200 cm³/mol. The number of amides is 2. The van der Waals surface area contributed by atoms with Gasteiger partial charge < -0.3 is 28.5 Å². The summed E-state index contributed by atoms with van der Waals surface area (Å²) in [7, 11) is 1.33. The van der Waals surface area contributed by atoms with Crippen LogP contribution in [0.15, 0.2) is 119 Å². The van der Waals surface area contributed by atoms with Crippen LogP contribution in [0.1, 0.15) is 61.6 Å². The first-order chi connectivity index (χ1) is 25.5. The lowest BCUT2D eigenvalue weighted by Gasteiger charge is -2.35. The number of benzene rings is 2. The van der Waals surface area contributed by atoms with Gasteiger partial charge >= 0.3 is 11.9 Å². The van der Waals surface area contributed by atoms with Crippen molar-refractivity contribution in [2.75, 3.05) is 7.11 Å². The Bertz CT molecular complexity index is 1880. The van der Waals surface area contributed by atoms with Gasteiger partial charge in [-0.25, -0.2) is 4.79 Å². The van der Waals surface area contributed by atoms with Crippen molar-refractivity contribution in [1.82, 2.24) is 9.80 Å². The van der Waals surface area contributed by atoms with Gasteiger partial charge in [-0.15, -0.1) is 0 Å². The van der Waals surface area contributed by atoms with E-state index in [4.69, 9.17) is 8.83 Å². The van der Waals surface area contributed by atoms with Gasteiger partial charge in [-0.2, -0.15) is 0 Å². The summed E-state index contributed by atoms with van der Waals surface area (Å²) in [5.41, 5.74) is 3.75. The van der Waals surface area contributed by atoms with E-state index in [1.807, 2.05) is 79.4 Å². The molecule has 0 spiro atoms. The highest BCUT2D eigenvalue weighted by molar-refractivity contribution is 5.92. The van der Waals surface area contributed by atoms with Crippen molar-refractivity contribution in [3.8, 4) is 0 Å². The van der Waals surface area contributed by atoms with Crippen molar-refractivity contribution in [2.45, 2.75) is 65.2 Å². The molecule has 10 nitrogen and oxygen atoms in total. The van der Waals surface area contributed by atoms with Crippen LogP contribution in [0.25, 0.3) is 6.08 Å². The molecule has 0 saturated carbocycles. The Labute approximate surface area is 310 Å². The van der Waals surface area contributed by atoms with Crippen LogP contribution in [0, 0.1) is 23.7 Å². The van der Waals surface area contributed by atoms with Crippen molar-refractivity contribution in [2.24, 2.45) is 23.7 Å². The topological polar surface area (TPSA) is 130 Å². The molecule has 5 atom stereocenters.